The standard InChI is InChI=1S/C16H24N4O3/c1-22-11-10-19-8-3-5-16(14(19)21)6-9-20(12-16)15-17-7-4-13(18-15)23-2/h4,7H,3,5-6,8-12H2,1-2H3. The van der Waals surface area contributed by atoms with Gasteiger partial charge in [0.15, 0.2) is 0 Å². The molecule has 2 aliphatic rings. The molecule has 1 spiro atoms. The van der Waals surface area contributed by atoms with Crippen molar-refractivity contribution in [1.82, 2.24) is 14.9 Å². The predicted molar refractivity (Wildman–Crippen MR) is 85.5 cm³/mol. The second kappa shape index (κ2) is 6.70. The molecule has 1 unspecified atom stereocenters. The molecular formula is C16H24N4O3. The van der Waals surface area contributed by atoms with E-state index in [2.05, 4.69) is 14.9 Å². The third kappa shape index (κ3) is 3.10. The van der Waals surface area contributed by atoms with Crippen LogP contribution < -0.4 is 9.64 Å². The van der Waals surface area contributed by atoms with Gasteiger partial charge in [0.25, 0.3) is 0 Å². The second-order valence-corrected chi connectivity index (χ2v) is 6.24. The topological polar surface area (TPSA) is 67.8 Å². The fraction of sp³-hybridized carbons (Fsp3) is 0.688. The summed E-state index contributed by atoms with van der Waals surface area (Å²) >= 11 is 0. The van der Waals surface area contributed by atoms with Crippen LogP contribution in [0, 0.1) is 5.41 Å². The highest BCUT2D eigenvalue weighted by molar-refractivity contribution is 5.85. The molecule has 0 saturated carbocycles. The summed E-state index contributed by atoms with van der Waals surface area (Å²) in [5.41, 5.74) is -0.293. The molecule has 3 heterocycles. The van der Waals surface area contributed by atoms with Gasteiger partial charge in [0.2, 0.25) is 17.7 Å². The van der Waals surface area contributed by atoms with Crippen LogP contribution >= 0.6 is 0 Å². The molecule has 7 heteroatoms. The third-order valence-corrected chi connectivity index (χ3v) is 4.85. The lowest BCUT2D eigenvalue weighted by atomic mass is 9.78. The minimum absolute atomic E-state index is 0.256. The number of anilines is 1. The smallest absolute Gasteiger partial charge is 0.230 e. The van der Waals surface area contributed by atoms with Gasteiger partial charge < -0.3 is 19.3 Å². The molecule has 2 aliphatic heterocycles. The van der Waals surface area contributed by atoms with Gasteiger partial charge in [-0.05, 0) is 19.3 Å². The summed E-state index contributed by atoms with van der Waals surface area (Å²) in [6.45, 7) is 3.58. The van der Waals surface area contributed by atoms with E-state index in [0.717, 1.165) is 32.4 Å². The Morgan fingerprint density at radius 1 is 1.30 bits per heavy atom. The first-order valence-electron chi connectivity index (χ1n) is 8.09. The largest absolute Gasteiger partial charge is 0.481 e. The van der Waals surface area contributed by atoms with Crippen LogP contribution in [-0.4, -0.2) is 67.8 Å². The molecule has 0 aliphatic carbocycles. The van der Waals surface area contributed by atoms with E-state index in [1.165, 1.54) is 0 Å². The average molecular weight is 320 g/mol. The van der Waals surface area contributed by atoms with Crippen molar-refractivity contribution in [3.8, 4) is 5.88 Å². The zero-order chi connectivity index (χ0) is 16.3. The number of rotatable bonds is 5. The highest BCUT2D eigenvalue weighted by Crippen LogP contribution is 2.41. The molecular weight excluding hydrogens is 296 g/mol. The minimum atomic E-state index is -0.293. The fourth-order valence-electron chi connectivity index (χ4n) is 3.59. The number of aromatic nitrogens is 2. The Morgan fingerprint density at radius 2 is 2.17 bits per heavy atom. The summed E-state index contributed by atoms with van der Waals surface area (Å²) in [6.07, 6.45) is 4.54. The van der Waals surface area contributed by atoms with Crippen molar-refractivity contribution in [2.75, 3.05) is 51.9 Å². The van der Waals surface area contributed by atoms with Gasteiger partial charge in [0.1, 0.15) is 0 Å². The van der Waals surface area contributed by atoms with Gasteiger partial charge in [-0.25, -0.2) is 4.98 Å². The van der Waals surface area contributed by atoms with E-state index in [1.807, 2.05) is 4.90 Å². The van der Waals surface area contributed by atoms with E-state index < -0.39 is 0 Å². The molecule has 23 heavy (non-hydrogen) atoms. The van der Waals surface area contributed by atoms with Crippen LogP contribution in [-0.2, 0) is 9.53 Å². The number of likely N-dealkylation sites (tertiary alicyclic amines) is 1. The van der Waals surface area contributed by atoms with Crippen LogP contribution in [0.15, 0.2) is 12.3 Å². The number of nitrogens with zero attached hydrogens (tertiary/aromatic N) is 4. The summed E-state index contributed by atoms with van der Waals surface area (Å²) in [4.78, 5) is 25.7. The summed E-state index contributed by atoms with van der Waals surface area (Å²) in [6, 6.07) is 1.73. The minimum Gasteiger partial charge on any atom is -0.481 e. The Morgan fingerprint density at radius 3 is 2.96 bits per heavy atom. The van der Waals surface area contributed by atoms with E-state index in [1.54, 1.807) is 26.5 Å². The third-order valence-electron chi connectivity index (χ3n) is 4.85. The highest BCUT2D eigenvalue weighted by Gasteiger charge is 2.48. The first-order chi connectivity index (χ1) is 11.2. The normalized spacial score (nSPS) is 24.5. The Labute approximate surface area is 136 Å². The molecule has 1 aromatic rings. The molecule has 126 valence electrons. The van der Waals surface area contributed by atoms with Crippen LogP contribution in [0.25, 0.3) is 0 Å². The molecule has 7 nitrogen and oxygen atoms in total. The van der Waals surface area contributed by atoms with Gasteiger partial charge in [-0.3, -0.25) is 4.79 Å². The predicted octanol–water partition coefficient (Wildman–Crippen LogP) is 0.950. The lowest BCUT2D eigenvalue weighted by Gasteiger charge is -2.39. The van der Waals surface area contributed by atoms with E-state index in [-0.39, 0.29) is 11.3 Å². The number of amides is 1. The van der Waals surface area contributed by atoms with Crippen LogP contribution in [0.2, 0.25) is 0 Å². The number of piperidine rings is 1. The molecule has 1 atom stereocenters. The summed E-state index contributed by atoms with van der Waals surface area (Å²) in [7, 11) is 3.26. The number of methoxy groups -OCH3 is 2. The Hall–Kier alpha value is -1.89. The molecule has 0 bridgehead atoms. The number of hydrogen-bond acceptors (Lipinski definition) is 6. The van der Waals surface area contributed by atoms with Gasteiger partial charge in [0, 0.05) is 45.6 Å². The van der Waals surface area contributed by atoms with Gasteiger partial charge in [-0.1, -0.05) is 0 Å². The van der Waals surface area contributed by atoms with Crippen molar-refractivity contribution >= 4 is 11.9 Å². The molecule has 2 saturated heterocycles. The van der Waals surface area contributed by atoms with Crippen LogP contribution in [0.1, 0.15) is 19.3 Å². The summed E-state index contributed by atoms with van der Waals surface area (Å²) < 4.78 is 10.3. The first kappa shape index (κ1) is 16.0. The van der Waals surface area contributed by atoms with E-state index in [9.17, 15) is 4.79 Å². The van der Waals surface area contributed by atoms with Crippen molar-refractivity contribution in [3.05, 3.63) is 12.3 Å². The van der Waals surface area contributed by atoms with Gasteiger partial charge in [0.05, 0.1) is 19.1 Å². The maximum atomic E-state index is 12.9. The number of hydrogen-bond donors (Lipinski definition) is 0. The van der Waals surface area contributed by atoms with Gasteiger partial charge >= 0.3 is 0 Å². The van der Waals surface area contributed by atoms with Crippen molar-refractivity contribution < 1.29 is 14.3 Å². The molecule has 2 fully saturated rings. The second-order valence-electron chi connectivity index (χ2n) is 6.24. The average Bonchev–Trinajstić information content (AvgIpc) is 3.02. The quantitative estimate of drug-likeness (QED) is 0.805. The Balaban J connectivity index is 1.73. The Bertz CT molecular complexity index is 568. The SMILES string of the molecule is COCCN1CCCC2(CCN(c3nccc(OC)n3)C2)C1=O. The van der Waals surface area contributed by atoms with Crippen molar-refractivity contribution in [2.24, 2.45) is 5.41 Å². The molecule has 0 N–H and O–H groups in total. The van der Waals surface area contributed by atoms with Gasteiger partial charge in [-0.2, -0.15) is 4.98 Å². The van der Waals surface area contributed by atoms with Gasteiger partial charge in [-0.15, -0.1) is 0 Å². The van der Waals surface area contributed by atoms with E-state index in [0.29, 0.717) is 31.5 Å². The first-order valence-corrected chi connectivity index (χ1v) is 8.09. The molecule has 3 rings (SSSR count). The zero-order valence-electron chi connectivity index (χ0n) is 13.8. The summed E-state index contributed by atoms with van der Waals surface area (Å²) in [5.74, 6) is 1.45. The van der Waals surface area contributed by atoms with Crippen LogP contribution in [0.3, 0.4) is 0 Å². The fourth-order valence-corrected chi connectivity index (χ4v) is 3.59. The Kier molecular flexibility index (Phi) is 4.66. The van der Waals surface area contributed by atoms with Crippen molar-refractivity contribution in [2.45, 2.75) is 19.3 Å². The lowest BCUT2D eigenvalue weighted by Crippen LogP contribution is -2.51. The lowest BCUT2D eigenvalue weighted by molar-refractivity contribution is -0.145. The highest BCUT2D eigenvalue weighted by atomic mass is 16.5. The van der Waals surface area contributed by atoms with Crippen LogP contribution in [0.4, 0.5) is 5.95 Å². The van der Waals surface area contributed by atoms with Crippen molar-refractivity contribution in [3.63, 3.8) is 0 Å². The summed E-state index contributed by atoms with van der Waals surface area (Å²) in [5, 5.41) is 0. The zero-order valence-corrected chi connectivity index (χ0v) is 13.8. The van der Waals surface area contributed by atoms with E-state index >= 15 is 0 Å². The molecule has 0 radical (unpaired) electrons. The van der Waals surface area contributed by atoms with Crippen molar-refractivity contribution in [1.29, 1.82) is 0 Å². The maximum absolute atomic E-state index is 12.9. The molecule has 1 amide bonds. The number of carbonyl (C=O) groups is 1. The van der Waals surface area contributed by atoms with E-state index in [4.69, 9.17) is 9.47 Å². The molecule has 1 aromatic heterocycles. The monoisotopic (exact) mass is 320 g/mol. The number of ether oxygens (including phenoxy) is 2. The molecule has 0 aromatic carbocycles. The van der Waals surface area contributed by atoms with Crippen LogP contribution in [0.5, 0.6) is 5.88 Å². The maximum Gasteiger partial charge on any atom is 0.230 e. The number of carbonyl (C=O) groups excluding carboxylic acids is 1.